The Morgan fingerprint density at radius 1 is 1.12 bits per heavy atom. The molecule has 2 N–H and O–H groups in total. The molecule has 1 amide bonds. The van der Waals surface area contributed by atoms with Gasteiger partial charge < -0.3 is 20.2 Å². The predicted molar refractivity (Wildman–Crippen MR) is 96.4 cm³/mol. The average molecular weight is 345 g/mol. The molecule has 1 spiro atoms. The Morgan fingerprint density at radius 3 is 2.52 bits per heavy atom. The molecule has 2 saturated heterocycles. The zero-order chi connectivity index (χ0) is 17.7. The molecule has 0 bridgehead atoms. The van der Waals surface area contributed by atoms with Crippen LogP contribution in [0.5, 0.6) is 0 Å². The van der Waals surface area contributed by atoms with E-state index in [1.165, 1.54) is 0 Å². The van der Waals surface area contributed by atoms with Gasteiger partial charge in [-0.2, -0.15) is 0 Å². The second-order valence-electron chi connectivity index (χ2n) is 6.96. The van der Waals surface area contributed by atoms with E-state index in [-0.39, 0.29) is 12.3 Å². The molecule has 6 nitrogen and oxygen atoms in total. The van der Waals surface area contributed by atoms with Crippen LogP contribution in [-0.4, -0.2) is 53.7 Å². The van der Waals surface area contributed by atoms with Crippen molar-refractivity contribution in [3.05, 3.63) is 30.3 Å². The highest BCUT2D eigenvalue weighted by Gasteiger charge is 2.52. The van der Waals surface area contributed by atoms with Gasteiger partial charge in [0.2, 0.25) is 5.91 Å². The molecule has 136 valence electrons. The summed E-state index contributed by atoms with van der Waals surface area (Å²) in [5.74, 6) is -0.516. The Morgan fingerprint density at radius 2 is 1.84 bits per heavy atom. The summed E-state index contributed by atoms with van der Waals surface area (Å²) in [5, 5.41) is 12.1. The van der Waals surface area contributed by atoms with Crippen LogP contribution in [0.2, 0.25) is 0 Å². The van der Waals surface area contributed by atoms with Crippen LogP contribution in [0.25, 0.3) is 0 Å². The number of carboxylic acid groups (broad SMARTS) is 1. The molecule has 2 aliphatic rings. The summed E-state index contributed by atoms with van der Waals surface area (Å²) in [7, 11) is 0. The highest BCUT2D eigenvalue weighted by Crippen LogP contribution is 2.38. The minimum absolute atomic E-state index is 0.208. The van der Waals surface area contributed by atoms with E-state index >= 15 is 0 Å². The van der Waals surface area contributed by atoms with Gasteiger partial charge in [-0.05, 0) is 50.9 Å². The van der Waals surface area contributed by atoms with Gasteiger partial charge in [0.1, 0.15) is 5.54 Å². The number of piperidine rings is 1. The SMILES string of the molecule is O=C(O)CCCCCN1CN(c2ccccc2)C2(CCNCC2)C1=O. The van der Waals surface area contributed by atoms with Crippen LogP contribution in [0.1, 0.15) is 38.5 Å². The first kappa shape index (κ1) is 17.7. The molecule has 0 aliphatic carbocycles. The summed E-state index contributed by atoms with van der Waals surface area (Å²) >= 11 is 0. The van der Waals surface area contributed by atoms with Gasteiger partial charge in [0.25, 0.3) is 0 Å². The molecule has 1 aromatic carbocycles. The molecule has 6 heteroatoms. The van der Waals surface area contributed by atoms with Crippen molar-refractivity contribution in [2.24, 2.45) is 0 Å². The predicted octanol–water partition coefficient (Wildman–Crippen LogP) is 2.06. The Hall–Kier alpha value is -2.08. The van der Waals surface area contributed by atoms with Crippen molar-refractivity contribution in [3.63, 3.8) is 0 Å². The quantitative estimate of drug-likeness (QED) is 0.740. The van der Waals surface area contributed by atoms with Crippen LogP contribution in [0, 0.1) is 0 Å². The maximum absolute atomic E-state index is 13.2. The Labute approximate surface area is 148 Å². The lowest BCUT2D eigenvalue weighted by atomic mass is 9.86. The van der Waals surface area contributed by atoms with Gasteiger partial charge in [-0.1, -0.05) is 24.6 Å². The van der Waals surface area contributed by atoms with Gasteiger partial charge in [0, 0.05) is 18.7 Å². The first-order valence-electron chi connectivity index (χ1n) is 9.18. The fraction of sp³-hybridized carbons (Fsp3) is 0.579. The molecule has 0 atom stereocenters. The zero-order valence-corrected chi connectivity index (χ0v) is 14.6. The summed E-state index contributed by atoms with van der Waals surface area (Å²) in [4.78, 5) is 28.0. The molecule has 2 aliphatic heterocycles. The van der Waals surface area contributed by atoms with E-state index in [0.717, 1.165) is 44.5 Å². The number of hydrogen-bond acceptors (Lipinski definition) is 4. The van der Waals surface area contributed by atoms with Gasteiger partial charge >= 0.3 is 5.97 Å². The second kappa shape index (κ2) is 7.87. The number of unbranched alkanes of at least 4 members (excludes halogenated alkanes) is 2. The van der Waals surface area contributed by atoms with E-state index < -0.39 is 11.5 Å². The monoisotopic (exact) mass is 345 g/mol. The smallest absolute Gasteiger partial charge is 0.303 e. The maximum atomic E-state index is 13.2. The number of para-hydroxylation sites is 1. The van der Waals surface area contributed by atoms with Gasteiger partial charge in [0.05, 0.1) is 6.67 Å². The lowest BCUT2D eigenvalue weighted by molar-refractivity contribution is -0.137. The number of aliphatic carboxylic acids is 1. The van der Waals surface area contributed by atoms with Gasteiger partial charge in [-0.3, -0.25) is 9.59 Å². The number of nitrogens with one attached hydrogen (secondary N) is 1. The molecule has 0 saturated carbocycles. The van der Waals surface area contributed by atoms with Crippen molar-refractivity contribution in [2.45, 2.75) is 44.1 Å². The Bertz CT molecular complexity index is 599. The minimum atomic E-state index is -0.749. The Balaban J connectivity index is 1.68. The van der Waals surface area contributed by atoms with E-state index in [1.807, 2.05) is 23.1 Å². The third-order valence-corrected chi connectivity index (χ3v) is 5.33. The molecule has 25 heavy (non-hydrogen) atoms. The first-order valence-corrected chi connectivity index (χ1v) is 9.18. The zero-order valence-electron chi connectivity index (χ0n) is 14.6. The number of hydrogen-bond donors (Lipinski definition) is 2. The molecule has 2 heterocycles. The van der Waals surface area contributed by atoms with E-state index in [2.05, 4.69) is 22.3 Å². The molecule has 2 fully saturated rings. The normalized spacial score (nSPS) is 19.6. The number of carboxylic acids is 1. The molecular weight excluding hydrogens is 318 g/mol. The lowest BCUT2D eigenvalue weighted by Gasteiger charge is -2.40. The molecule has 0 aromatic heterocycles. The number of nitrogens with zero attached hydrogens (tertiary/aromatic N) is 2. The maximum Gasteiger partial charge on any atom is 0.303 e. The van der Waals surface area contributed by atoms with E-state index in [9.17, 15) is 9.59 Å². The number of benzene rings is 1. The van der Waals surface area contributed by atoms with Crippen LogP contribution >= 0.6 is 0 Å². The van der Waals surface area contributed by atoms with E-state index in [0.29, 0.717) is 19.6 Å². The summed E-state index contributed by atoms with van der Waals surface area (Å²) in [6.07, 6.45) is 4.24. The van der Waals surface area contributed by atoms with Crippen LogP contribution in [-0.2, 0) is 9.59 Å². The van der Waals surface area contributed by atoms with Crippen molar-refractivity contribution in [1.82, 2.24) is 10.2 Å². The number of anilines is 1. The number of carbonyl (C=O) groups is 2. The van der Waals surface area contributed by atoms with Gasteiger partial charge in [0.15, 0.2) is 0 Å². The average Bonchev–Trinajstić information content (AvgIpc) is 2.88. The van der Waals surface area contributed by atoms with Crippen LogP contribution in [0.4, 0.5) is 5.69 Å². The van der Waals surface area contributed by atoms with Crippen molar-refractivity contribution >= 4 is 17.6 Å². The van der Waals surface area contributed by atoms with Crippen molar-refractivity contribution in [2.75, 3.05) is 31.2 Å². The third kappa shape index (κ3) is 3.79. The third-order valence-electron chi connectivity index (χ3n) is 5.33. The van der Waals surface area contributed by atoms with Gasteiger partial charge in [-0.15, -0.1) is 0 Å². The first-order chi connectivity index (χ1) is 12.1. The lowest BCUT2D eigenvalue weighted by Crippen LogP contribution is -2.55. The summed E-state index contributed by atoms with van der Waals surface area (Å²) < 4.78 is 0. The summed E-state index contributed by atoms with van der Waals surface area (Å²) in [6.45, 7) is 3.06. The van der Waals surface area contributed by atoms with E-state index in [4.69, 9.17) is 5.11 Å². The van der Waals surface area contributed by atoms with Crippen molar-refractivity contribution in [1.29, 1.82) is 0 Å². The summed E-state index contributed by atoms with van der Waals surface area (Å²) in [6, 6.07) is 10.2. The highest BCUT2D eigenvalue weighted by atomic mass is 16.4. The molecule has 0 radical (unpaired) electrons. The minimum Gasteiger partial charge on any atom is -0.481 e. The fourth-order valence-electron chi connectivity index (χ4n) is 3.97. The molecule has 3 rings (SSSR count). The summed E-state index contributed by atoms with van der Waals surface area (Å²) in [5.41, 5.74) is 0.680. The molecule has 1 aromatic rings. The topological polar surface area (TPSA) is 72.9 Å². The highest BCUT2D eigenvalue weighted by molar-refractivity contribution is 5.93. The standard InChI is InChI=1S/C19H27N3O3/c23-17(24)9-5-2-6-14-21-15-22(16-7-3-1-4-8-16)19(18(21)25)10-12-20-13-11-19/h1,3-4,7-8,20H,2,5-6,9-15H2,(H,23,24). The van der Waals surface area contributed by atoms with Crippen LogP contribution < -0.4 is 10.2 Å². The van der Waals surface area contributed by atoms with Crippen LogP contribution in [0.15, 0.2) is 30.3 Å². The Kier molecular flexibility index (Phi) is 5.58. The van der Waals surface area contributed by atoms with Crippen molar-refractivity contribution in [3.8, 4) is 0 Å². The van der Waals surface area contributed by atoms with Gasteiger partial charge in [-0.25, -0.2) is 0 Å². The number of amides is 1. The molecule has 0 unspecified atom stereocenters. The second-order valence-corrected chi connectivity index (χ2v) is 6.96. The molecular formula is C19H27N3O3. The van der Waals surface area contributed by atoms with Crippen LogP contribution in [0.3, 0.4) is 0 Å². The van der Waals surface area contributed by atoms with E-state index in [1.54, 1.807) is 0 Å². The fourth-order valence-corrected chi connectivity index (χ4v) is 3.97. The van der Waals surface area contributed by atoms with Crippen molar-refractivity contribution < 1.29 is 14.7 Å². The largest absolute Gasteiger partial charge is 0.481 e. The number of carbonyl (C=O) groups excluding carboxylic acids is 1. The number of rotatable bonds is 7.